The molecule has 0 aliphatic carbocycles. The first kappa shape index (κ1) is 12.7. The molecule has 1 aliphatic heterocycles. The first-order chi connectivity index (χ1) is 9.15. The molecular formula is C13H11ClN2O2S. The zero-order valence-electron chi connectivity index (χ0n) is 9.84. The second kappa shape index (κ2) is 5.00. The van der Waals surface area contributed by atoms with Gasteiger partial charge in [0.05, 0.1) is 10.9 Å². The number of nitrogens with one attached hydrogen (secondary N) is 1. The van der Waals surface area contributed by atoms with Gasteiger partial charge >= 0.3 is 5.97 Å². The van der Waals surface area contributed by atoms with Crippen LogP contribution in [0.5, 0.6) is 0 Å². The molecule has 2 aromatic rings. The van der Waals surface area contributed by atoms with Crippen molar-refractivity contribution in [3.63, 3.8) is 0 Å². The fourth-order valence-corrected chi connectivity index (χ4v) is 3.65. The summed E-state index contributed by atoms with van der Waals surface area (Å²) in [6.45, 7) is 0. The van der Waals surface area contributed by atoms with E-state index in [2.05, 4.69) is 10.3 Å². The molecule has 6 heteroatoms. The third-order valence-electron chi connectivity index (χ3n) is 3.07. The van der Waals surface area contributed by atoms with Crippen molar-refractivity contribution in [2.45, 2.75) is 11.4 Å². The molecule has 98 valence electrons. The second-order valence-corrected chi connectivity index (χ2v) is 5.83. The Morgan fingerprint density at radius 2 is 2.26 bits per heavy atom. The summed E-state index contributed by atoms with van der Waals surface area (Å²) in [6, 6.07) is 9.17. The van der Waals surface area contributed by atoms with Crippen molar-refractivity contribution in [3.05, 3.63) is 41.0 Å². The van der Waals surface area contributed by atoms with Crippen molar-refractivity contribution in [2.75, 3.05) is 5.75 Å². The van der Waals surface area contributed by atoms with Gasteiger partial charge < -0.3 is 5.11 Å². The van der Waals surface area contributed by atoms with Crippen LogP contribution in [0.15, 0.2) is 30.3 Å². The van der Waals surface area contributed by atoms with E-state index in [-0.39, 0.29) is 5.37 Å². The van der Waals surface area contributed by atoms with Gasteiger partial charge in [-0.05, 0) is 12.1 Å². The van der Waals surface area contributed by atoms with Gasteiger partial charge in [-0.3, -0.25) is 10.1 Å². The zero-order valence-corrected chi connectivity index (χ0v) is 11.4. The summed E-state index contributed by atoms with van der Waals surface area (Å²) in [4.78, 5) is 15.3. The van der Waals surface area contributed by atoms with E-state index < -0.39 is 12.0 Å². The molecule has 1 fully saturated rings. The van der Waals surface area contributed by atoms with Gasteiger partial charge in [0.2, 0.25) is 0 Å². The van der Waals surface area contributed by atoms with Gasteiger partial charge in [-0.25, -0.2) is 4.98 Å². The van der Waals surface area contributed by atoms with Crippen molar-refractivity contribution in [2.24, 2.45) is 0 Å². The van der Waals surface area contributed by atoms with Crippen LogP contribution in [-0.4, -0.2) is 27.9 Å². The second-order valence-electron chi connectivity index (χ2n) is 4.33. The molecule has 3 rings (SSSR count). The Bertz CT molecular complexity index is 650. The van der Waals surface area contributed by atoms with Gasteiger partial charge in [0.25, 0.3) is 0 Å². The Balaban J connectivity index is 1.97. The molecule has 1 saturated heterocycles. The monoisotopic (exact) mass is 294 g/mol. The number of aliphatic carboxylic acids is 1. The Hall–Kier alpha value is -1.30. The quantitative estimate of drug-likeness (QED) is 0.834. The van der Waals surface area contributed by atoms with Crippen molar-refractivity contribution in [1.29, 1.82) is 0 Å². The number of nitrogens with zero attached hydrogens (tertiary/aromatic N) is 1. The number of halogens is 1. The van der Waals surface area contributed by atoms with Gasteiger partial charge in [-0.15, -0.1) is 11.8 Å². The van der Waals surface area contributed by atoms with E-state index in [1.165, 1.54) is 11.8 Å². The smallest absolute Gasteiger partial charge is 0.321 e. The van der Waals surface area contributed by atoms with Crippen LogP contribution < -0.4 is 5.32 Å². The largest absolute Gasteiger partial charge is 0.480 e. The minimum atomic E-state index is -0.833. The molecule has 19 heavy (non-hydrogen) atoms. The highest BCUT2D eigenvalue weighted by Gasteiger charge is 2.31. The summed E-state index contributed by atoms with van der Waals surface area (Å²) in [5.74, 6) is -0.303. The molecule has 1 aromatic carbocycles. The van der Waals surface area contributed by atoms with Crippen molar-refractivity contribution >= 4 is 40.2 Å². The van der Waals surface area contributed by atoms with Crippen LogP contribution in [0, 0.1) is 0 Å². The molecule has 0 saturated carbocycles. The van der Waals surface area contributed by atoms with Crippen molar-refractivity contribution in [1.82, 2.24) is 10.3 Å². The molecule has 4 nitrogen and oxygen atoms in total. The third kappa shape index (κ3) is 2.41. The number of thioether (sulfide) groups is 1. The highest BCUT2D eigenvalue weighted by atomic mass is 35.5. The van der Waals surface area contributed by atoms with Crippen LogP contribution in [0.25, 0.3) is 10.9 Å². The van der Waals surface area contributed by atoms with Crippen LogP contribution in [0.4, 0.5) is 0 Å². The van der Waals surface area contributed by atoms with Crippen LogP contribution in [-0.2, 0) is 4.79 Å². The number of hydrogen-bond donors (Lipinski definition) is 2. The van der Waals surface area contributed by atoms with Gasteiger partial charge in [-0.1, -0.05) is 29.8 Å². The first-order valence-electron chi connectivity index (χ1n) is 5.81. The van der Waals surface area contributed by atoms with Crippen molar-refractivity contribution in [3.8, 4) is 0 Å². The Morgan fingerprint density at radius 1 is 1.47 bits per heavy atom. The molecule has 2 atom stereocenters. The molecule has 2 N–H and O–H groups in total. The lowest BCUT2D eigenvalue weighted by Crippen LogP contribution is -2.33. The molecule has 0 amide bonds. The fraction of sp³-hybridized carbons (Fsp3) is 0.231. The normalized spacial score (nSPS) is 22.8. The maximum Gasteiger partial charge on any atom is 0.321 e. The molecule has 1 aromatic heterocycles. The lowest BCUT2D eigenvalue weighted by atomic mass is 10.1. The van der Waals surface area contributed by atoms with E-state index in [0.29, 0.717) is 10.9 Å². The number of carboxylic acid groups (broad SMARTS) is 1. The average molecular weight is 295 g/mol. The van der Waals surface area contributed by atoms with Crippen LogP contribution in [0.3, 0.4) is 0 Å². The molecular weight excluding hydrogens is 284 g/mol. The maximum absolute atomic E-state index is 11.0. The van der Waals surface area contributed by atoms with E-state index in [1.54, 1.807) is 0 Å². The van der Waals surface area contributed by atoms with E-state index in [0.717, 1.165) is 16.5 Å². The van der Waals surface area contributed by atoms with Crippen molar-refractivity contribution < 1.29 is 9.90 Å². The zero-order chi connectivity index (χ0) is 13.4. The Morgan fingerprint density at radius 3 is 3.00 bits per heavy atom. The van der Waals surface area contributed by atoms with Gasteiger partial charge in [0, 0.05) is 16.7 Å². The molecule has 0 bridgehead atoms. The predicted octanol–water partition coefficient (Wildman–Crippen LogP) is 2.68. The molecule has 0 radical (unpaired) electrons. The topological polar surface area (TPSA) is 62.2 Å². The average Bonchev–Trinajstić information content (AvgIpc) is 2.87. The maximum atomic E-state index is 11.0. The van der Waals surface area contributed by atoms with E-state index in [4.69, 9.17) is 16.7 Å². The minimum Gasteiger partial charge on any atom is -0.480 e. The number of hydrogen-bond acceptors (Lipinski definition) is 4. The standard InChI is InChI=1S/C13H11ClN2O2S/c14-11-8(12-16-10(6-19-12)13(17)18)5-7-3-1-2-4-9(7)15-11/h1-5,10,12,16H,6H2,(H,17,18)/t10-,12?/m0/s1. The Labute approximate surface area is 119 Å². The van der Waals surface area contributed by atoms with Gasteiger partial charge in [-0.2, -0.15) is 0 Å². The molecule has 1 aliphatic rings. The summed E-state index contributed by atoms with van der Waals surface area (Å²) in [5, 5.41) is 13.4. The summed E-state index contributed by atoms with van der Waals surface area (Å²) < 4.78 is 0. The molecule has 0 spiro atoms. The number of fused-ring (bicyclic) bond motifs is 1. The van der Waals surface area contributed by atoms with Crippen LogP contribution >= 0.6 is 23.4 Å². The Kier molecular flexibility index (Phi) is 3.35. The van der Waals surface area contributed by atoms with E-state index in [1.807, 2.05) is 30.3 Å². The number of benzene rings is 1. The summed E-state index contributed by atoms with van der Waals surface area (Å²) in [7, 11) is 0. The number of carboxylic acids is 1. The van der Waals surface area contributed by atoms with Gasteiger partial charge in [0.1, 0.15) is 11.2 Å². The lowest BCUT2D eigenvalue weighted by molar-refractivity contribution is -0.138. The number of para-hydroxylation sites is 1. The van der Waals surface area contributed by atoms with Crippen LogP contribution in [0.2, 0.25) is 5.15 Å². The minimum absolute atomic E-state index is 0.120. The summed E-state index contributed by atoms with van der Waals surface area (Å²) in [5.41, 5.74) is 1.68. The third-order valence-corrected chi connectivity index (χ3v) is 4.62. The SMILES string of the molecule is O=C(O)[C@@H]1CSC(c2cc3ccccc3nc2Cl)N1. The molecule has 1 unspecified atom stereocenters. The highest BCUT2D eigenvalue weighted by molar-refractivity contribution is 7.99. The number of rotatable bonds is 2. The summed E-state index contributed by atoms with van der Waals surface area (Å²) in [6.07, 6.45) is 0. The van der Waals surface area contributed by atoms with Crippen LogP contribution in [0.1, 0.15) is 10.9 Å². The highest BCUT2D eigenvalue weighted by Crippen LogP contribution is 2.37. The number of carbonyl (C=O) groups is 1. The van der Waals surface area contributed by atoms with E-state index in [9.17, 15) is 4.79 Å². The fourth-order valence-electron chi connectivity index (χ4n) is 2.09. The first-order valence-corrected chi connectivity index (χ1v) is 7.23. The predicted molar refractivity (Wildman–Crippen MR) is 76.5 cm³/mol. The number of aromatic nitrogens is 1. The molecule has 2 heterocycles. The number of pyridine rings is 1. The summed E-state index contributed by atoms with van der Waals surface area (Å²) >= 11 is 7.74. The van der Waals surface area contributed by atoms with Gasteiger partial charge in [0.15, 0.2) is 0 Å². The lowest BCUT2D eigenvalue weighted by Gasteiger charge is -2.13. The van der Waals surface area contributed by atoms with E-state index >= 15 is 0 Å².